The Hall–Kier alpha value is -5.38. The maximum Gasteiger partial charge on any atom is 0.416 e. The fourth-order valence-electron chi connectivity index (χ4n) is 5.10. The predicted octanol–water partition coefficient (Wildman–Crippen LogP) is 5.41. The molecule has 2 amide bonds. The second-order valence-corrected chi connectivity index (χ2v) is 13.8. The van der Waals surface area contributed by atoms with E-state index in [2.05, 4.69) is 20.3 Å². The van der Waals surface area contributed by atoms with Crippen LogP contribution in [0.3, 0.4) is 0 Å². The van der Waals surface area contributed by atoms with E-state index in [0.29, 0.717) is 64.3 Å². The van der Waals surface area contributed by atoms with E-state index in [0.717, 1.165) is 0 Å². The van der Waals surface area contributed by atoms with Crippen LogP contribution in [0.4, 0.5) is 32.7 Å². The number of aromatic nitrogens is 5. The van der Waals surface area contributed by atoms with E-state index in [-0.39, 0.29) is 19.0 Å². The number of pyridine rings is 1. The summed E-state index contributed by atoms with van der Waals surface area (Å²) in [5.41, 5.74) is 0.0982. The van der Waals surface area contributed by atoms with Crippen molar-refractivity contribution in [1.29, 1.82) is 0 Å². The summed E-state index contributed by atoms with van der Waals surface area (Å²) in [6.45, 7) is 12.2. The van der Waals surface area contributed by atoms with Gasteiger partial charge in [-0.25, -0.2) is 29.2 Å². The topological polar surface area (TPSA) is 159 Å². The van der Waals surface area contributed by atoms with Gasteiger partial charge in [-0.3, -0.25) is 9.80 Å². The van der Waals surface area contributed by atoms with Crippen LogP contribution in [0, 0.1) is 0 Å². The van der Waals surface area contributed by atoms with Crippen molar-refractivity contribution in [3.05, 3.63) is 36.8 Å². The van der Waals surface area contributed by atoms with Crippen LogP contribution >= 0.6 is 0 Å². The lowest BCUT2D eigenvalue weighted by Crippen LogP contribution is -2.41. The van der Waals surface area contributed by atoms with E-state index in [1.54, 1.807) is 29.1 Å². The number of benzene rings is 1. The number of hydrogen-bond donors (Lipinski definition) is 1. The molecule has 0 radical (unpaired) electrons. The number of amides is 2. The SMILES string of the molecule is COc1cc2c(cc1-n1nc(N(CCN(C)C)C(=O)OC(C)(C)C)c3cnc(Nc4nccnc4OC)cc31)OCCN2C(=O)OC(C)(C)C. The number of likely N-dealkylation sites (N-methyl/N-ethyl adjacent to an activating group) is 1. The number of fused-ring (bicyclic) bond motifs is 2. The van der Waals surface area contributed by atoms with Crippen LogP contribution in [0.1, 0.15) is 41.5 Å². The maximum atomic E-state index is 13.7. The highest BCUT2D eigenvalue weighted by atomic mass is 16.6. The quantitative estimate of drug-likeness (QED) is 0.238. The number of methoxy groups -OCH3 is 2. The van der Waals surface area contributed by atoms with Gasteiger partial charge in [0.15, 0.2) is 11.6 Å². The first-order valence-corrected chi connectivity index (χ1v) is 16.1. The standard InChI is InChI=1S/C34H45N9O7/c1-33(2,3)49-31(44)41-15-16-48-26-18-24(25(46-9)17-23(26)41)43-22-19-27(38-28-30(47-10)36-12-11-35-28)37-20-21(22)29(39-43)42(14-13-40(7)8)32(45)50-34(4,5)6/h11-12,17-20H,13-16H2,1-10H3,(H,35,37,38). The maximum absolute atomic E-state index is 13.7. The number of carbonyl (C=O) groups excluding carboxylic acids is 2. The number of ether oxygens (including phenoxy) is 5. The molecule has 0 fully saturated rings. The molecule has 0 aliphatic carbocycles. The minimum atomic E-state index is -0.754. The molecule has 3 aromatic heterocycles. The van der Waals surface area contributed by atoms with E-state index < -0.39 is 23.4 Å². The van der Waals surface area contributed by atoms with Gasteiger partial charge in [-0.1, -0.05) is 0 Å². The second kappa shape index (κ2) is 14.2. The van der Waals surface area contributed by atoms with Gasteiger partial charge in [0.1, 0.15) is 40.8 Å². The largest absolute Gasteiger partial charge is 0.494 e. The Morgan fingerprint density at radius 3 is 2.30 bits per heavy atom. The van der Waals surface area contributed by atoms with Crippen LogP contribution in [-0.4, -0.2) is 108 Å². The number of hydrogen-bond acceptors (Lipinski definition) is 13. The summed E-state index contributed by atoms with van der Waals surface area (Å²) in [6.07, 6.45) is 3.62. The fourth-order valence-corrected chi connectivity index (χ4v) is 5.10. The molecule has 1 aliphatic rings. The monoisotopic (exact) mass is 691 g/mol. The molecule has 1 aromatic carbocycles. The van der Waals surface area contributed by atoms with Crippen LogP contribution in [0.15, 0.2) is 36.8 Å². The molecule has 0 unspecified atom stereocenters. The molecule has 0 atom stereocenters. The summed E-state index contributed by atoms with van der Waals surface area (Å²) in [5.74, 6) is 2.19. The van der Waals surface area contributed by atoms with Crippen molar-refractivity contribution in [1.82, 2.24) is 29.6 Å². The molecule has 268 valence electrons. The zero-order valence-electron chi connectivity index (χ0n) is 30.2. The molecule has 4 aromatic rings. The lowest BCUT2D eigenvalue weighted by molar-refractivity contribution is 0.0561. The minimum Gasteiger partial charge on any atom is -0.494 e. The van der Waals surface area contributed by atoms with Crippen molar-refractivity contribution in [2.75, 3.05) is 69.7 Å². The van der Waals surface area contributed by atoms with Gasteiger partial charge in [0, 0.05) is 49.9 Å². The molecular weight excluding hydrogens is 646 g/mol. The van der Waals surface area contributed by atoms with Gasteiger partial charge in [0.05, 0.1) is 37.4 Å². The molecule has 0 saturated carbocycles. The Morgan fingerprint density at radius 2 is 1.64 bits per heavy atom. The molecule has 16 heteroatoms. The third-order valence-corrected chi connectivity index (χ3v) is 7.26. The van der Waals surface area contributed by atoms with Crippen molar-refractivity contribution in [3.8, 4) is 23.1 Å². The minimum absolute atomic E-state index is 0.248. The molecular formula is C34H45N9O7. The van der Waals surface area contributed by atoms with E-state index in [4.69, 9.17) is 28.8 Å². The molecule has 1 N–H and O–H groups in total. The second-order valence-electron chi connectivity index (χ2n) is 13.8. The van der Waals surface area contributed by atoms with E-state index in [1.807, 2.05) is 60.5 Å². The van der Waals surface area contributed by atoms with Crippen LogP contribution in [-0.2, 0) is 9.47 Å². The van der Waals surface area contributed by atoms with Crippen LogP contribution in [0.25, 0.3) is 16.6 Å². The molecule has 0 spiro atoms. The zero-order chi connectivity index (χ0) is 36.4. The van der Waals surface area contributed by atoms with Crippen molar-refractivity contribution in [2.24, 2.45) is 0 Å². The summed E-state index contributed by atoms with van der Waals surface area (Å²) >= 11 is 0. The third-order valence-electron chi connectivity index (χ3n) is 7.26. The highest BCUT2D eigenvalue weighted by Gasteiger charge is 2.32. The molecule has 50 heavy (non-hydrogen) atoms. The van der Waals surface area contributed by atoms with Gasteiger partial charge < -0.3 is 33.9 Å². The summed E-state index contributed by atoms with van der Waals surface area (Å²) in [6, 6.07) is 5.23. The molecule has 0 bridgehead atoms. The van der Waals surface area contributed by atoms with Crippen LogP contribution in [0.5, 0.6) is 17.4 Å². The number of rotatable bonds is 9. The van der Waals surface area contributed by atoms with Crippen molar-refractivity contribution in [2.45, 2.75) is 52.7 Å². The van der Waals surface area contributed by atoms with E-state index >= 15 is 0 Å². The zero-order valence-corrected chi connectivity index (χ0v) is 30.2. The number of nitrogens with zero attached hydrogens (tertiary/aromatic N) is 8. The van der Waals surface area contributed by atoms with Crippen molar-refractivity contribution in [3.63, 3.8) is 0 Å². The molecule has 0 saturated heterocycles. The first-order valence-electron chi connectivity index (χ1n) is 16.1. The number of carbonyl (C=O) groups is 2. The van der Waals surface area contributed by atoms with Gasteiger partial charge >= 0.3 is 12.2 Å². The summed E-state index contributed by atoms with van der Waals surface area (Å²) in [5, 5.41) is 8.72. The first kappa shape index (κ1) is 35.9. The highest BCUT2D eigenvalue weighted by Crippen LogP contribution is 2.42. The Bertz CT molecular complexity index is 1860. The number of anilines is 4. The summed E-state index contributed by atoms with van der Waals surface area (Å²) < 4.78 is 30.5. The molecule has 5 rings (SSSR count). The van der Waals surface area contributed by atoms with E-state index in [1.165, 1.54) is 36.4 Å². The Balaban J connectivity index is 1.70. The Kier molecular flexibility index (Phi) is 10.2. The lowest BCUT2D eigenvalue weighted by Gasteiger charge is -2.32. The van der Waals surface area contributed by atoms with Gasteiger partial charge in [0.2, 0.25) is 0 Å². The van der Waals surface area contributed by atoms with Crippen LogP contribution < -0.4 is 29.3 Å². The predicted molar refractivity (Wildman–Crippen MR) is 188 cm³/mol. The smallest absolute Gasteiger partial charge is 0.416 e. The van der Waals surface area contributed by atoms with Gasteiger partial charge in [-0.15, -0.1) is 5.10 Å². The summed E-state index contributed by atoms with van der Waals surface area (Å²) in [7, 11) is 6.87. The fraction of sp³-hybridized carbons (Fsp3) is 0.471. The van der Waals surface area contributed by atoms with Gasteiger partial charge in [-0.2, -0.15) is 0 Å². The first-order chi connectivity index (χ1) is 23.6. The van der Waals surface area contributed by atoms with Crippen molar-refractivity contribution < 1.29 is 33.3 Å². The summed E-state index contributed by atoms with van der Waals surface area (Å²) in [4.78, 5) is 45.1. The molecule has 4 heterocycles. The van der Waals surface area contributed by atoms with Crippen LogP contribution in [0.2, 0.25) is 0 Å². The Morgan fingerprint density at radius 1 is 0.920 bits per heavy atom. The Labute approximate surface area is 291 Å². The average Bonchev–Trinajstić information content (AvgIpc) is 3.40. The highest BCUT2D eigenvalue weighted by molar-refractivity contribution is 6.00. The van der Waals surface area contributed by atoms with E-state index in [9.17, 15) is 9.59 Å². The van der Waals surface area contributed by atoms with Gasteiger partial charge in [-0.05, 0) is 55.6 Å². The normalized spacial score (nSPS) is 13.1. The average molecular weight is 692 g/mol. The molecule has 1 aliphatic heterocycles. The third kappa shape index (κ3) is 8.07. The van der Waals surface area contributed by atoms with Crippen molar-refractivity contribution >= 4 is 46.2 Å². The number of nitrogens with one attached hydrogen (secondary N) is 1. The molecule has 16 nitrogen and oxygen atoms in total. The van der Waals surface area contributed by atoms with Gasteiger partial charge in [0.25, 0.3) is 5.88 Å². The lowest BCUT2D eigenvalue weighted by atomic mass is 10.2.